The molecule has 1 N–H and O–H groups in total. The van der Waals surface area contributed by atoms with Crippen LogP contribution in [0.1, 0.15) is 40.0 Å². The molecule has 88 valence electrons. The highest BCUT2D eigenvalue weighted by Gasteiger charge is 2.17. The molecule has 0 rings (SSSR count). The second-order valence-corrected chi connectivity index (χ2v) is 4.21. The van der Waals surface area contributed by atoms with Gasteiger partial charge in [0.2, 0.25) is 5.91 Å². The summed E-state index contributed by atoms with van der Waals surface area (Å²) in [6.07, 6.45) is 4.33. The fraction of sp³-hybridized carbons (Fsp3) is 0.750. The van der Waals surface area contributed by atoms with Gasteiger partial charge in [-0.15, -0.1) is 0 Å². The minimum absolute atomic E-state index is 0.126. The SMILES string of the molecule is C=CC(=O)NCCC(C)(C)OCCCC. The van der Waals surface area contributed by atoms with Crippen LogP contribution in [0.15, 0.2) is 12.7 Å². The van der Waals surface area contributed by atoms with E-state index in [9.17, 15) is 4.79 Å². The lowest BCUT2D eigenvalue weighted by molar-refractivity contribution is -0.116. The Labute approximate surface area is 92.9 Å². The van der Waals surface area contributed by atoms with Crippen LogP contribution in [0.2, 0.25) is 0 Å². The van der Waals surface area contributed by atoms with Gasteiger partial charge >= 0.3 is 0 Å². The van der Waals surface area contributed by atoms with E-state index < -0.39 is 0 Å². The molecule has 0 aliphatic heterocycles. The molecule has 0 spiro atoms. The summed E-state index contributed by atoms with van der Waals surface area (Å²) in [5.74, 6) is -0.126. The molecule has 0 radical (unpaired) electrons. The third-order valence-corrected chi connectivity index (χ3v) is 2.20. The summed E-state index contributed by atoms with van der Waals surface area (Å²) in [5.41, 5.74) is -0.163. The van der Waals surface area contributed by atoms with E-state index in [0.29, 0.717) is 6.54 Å². The van der Waals surface area contributed by atoms with Gasteiger partial charge in [-0.05, 0) is 32.8 Å². The summed E-state index contributed by atoms with van der Waals surface area (Å²) in [7, 11) is 0. The lowest BCUT2D eigenvalue weighted by Gasteiger charge is -2.25. The fourth-order valence-electron chi connectivity index (χ4n) is 1.12. The second kappa shape index (κ2) is 7.46. The molecule has 0 unspecified atom stereocenters. The molecule has 0 heterocycles. The normalized spacial score (nSPS) is 11.1. The van der Waals surface area contributed by atoms with Crippen LogP contribution in [-0.4, -0.2) is 24.7 Å². The highest BCUT2D eigenvalue weighted by atomic mass is 16.5. The summed E-state index contributed by atoms with van der Waals surface area (Å²) < 4.78 is 5.71. The zero-order valence-corrected chi connectivity index (χ0v) is 10.1. The van der Waals surface area contributed by atoms with Crippen molar-refractivity contribution in [1.82, 2.24) is 5.32 Å². The van der Waals surface area contributed by atoms with Crippen molar-refractivity contribution in [2.24, 2.45) is 0 Å². The number of carbonyl (C=O) groups is 1. The molecule has 0 bridgehead atoms. The Morgan fingerprint density at radius 3 is 2.73 bits per heavy atom. The Morgan fingerprint density at radius 1 is 1.53 bits per heavy atom. The van der Waals surface area contributed by atoms with Gasteiger partial charge in [-0.25, -0.2) is 0 Å². The highest BCUT2D eigenvalue weighted by molar-refractivity contribution is 5.86. The predicted octanol–water partition coefficient (Wildman–Crippen LogP) is 2.27. The molecule has 0 fully saturated rings. The van der Waals surface area contributed by atoms with E-state index >= 15 is 0 Å². The van der Waals surface area contributed by atoms with Gasteiger partial charge in [-0.3, -0.25) is 4.79 Å². The molecule has 0 atom stereocenters. The maximum absolute atomic E-state index is 10.9. The Kier molecular flexibility index (Phi) is 7.05. The molecule has 0 saturated carbocycles. The van der Waals surface area contributed by atoms with Crippen LogP contribution in [0.4, 0.5) is 0 Å². The average molecular weight is 213 g/mol. The maximum atomic E-state index is 10.9. The molecular weight excluding hydrogens is 190 g/mol. The van der Waals surface area contributed by atoms with Crippen molar-refractivity contribution < 1.29 is 9.53 Å². The molecule has 1 amide bonds. The first-order valence-corrected chi connectivity index (χ1v) is 5.56. The van der Waals surface area contributed by atoms with Crippen LogP contribution in [0.3, 0.4) is 0 Å². The van der Waals surface area contributed by atoms with Gasteiger partial charge in [0.25, 0.3) is 0 Å². The van der Waals surface area contributed by atoms with Crippen LogP contribution < -0.4 is 5.32 Å². The quantitative estimate of drug-likeness (QED) is 0.496. The monoisotopic (exact) mass is 213 g/mol. The minimum Gasteiger partial charge on any atom is -0.376 e. The predicted molar refractivity (Wildman–Crippen MR) is 62.8 cm³/mol. The summed E-state index contributed by atoms with van der Waals surface area (Å²) in [4.78, 5) is 10.9. The number of amides is 1. The van der Waals surface area contributed by atoms with Gasteiger partial charge in [-0.2, -0.15) is 0 Å². The second-order valence-electron chi connectivity index (χ2n) is 4.21. The number of nitrogens with one attached hydrogen (secondary N) is 1. The van der Waals surface area contributed by atoms with Gasteiger partial charge in [0.1, 0.15) is 0 Å². The Hall–Kier alpha value is -0.830. The molecule has 0 aromatic rings. The van der Waals surface area contributed by atoms with Crippen LogP contribution in [0.25, 0.3) is 0 Å². The number of hydrogen-bond acceptors (Lipinski definition) is 2. The Bertz CT molecular complexity index is 200. The number of hydrogen-bond donors (Lipinski definition) is 1. The van der Waals surface area contributed by atoms with E-state index in [1.165, 1.54) is 6.08 Å². The van der Waals surface area contributed by atoms with Crippen LogP contribution >= 0.6 is 0 Å². The summed E-state index contributed by atoms with van der Waals surface area (Å²) in [6, 6.07) is 0. The summed E-state index contributed by atoms with van der Waals surface area (Å²) in [5, 5.41) is 2.74. The third-order valence-electron chi connectivity index (χ3n) is 2.20. The van der Waals surface area contributed by atoms with Crippen molar-refractivity contribution in [1.29, 1.82) is 0 Å². The van der Waals surface area contributed by atoms with E-state index in [-0.39, 0.29) is 11.5 Å². The molecule has 3 nitrogen and oxygen atoms in total. The number of carbonyl (C=O) groups excluding carboxylic acids is 1. The van der Waals surface area contributed by atoms with Gasteiger partial charge in [0, 0.05) is 13.2 Å². The Morgan fingerprint density at radius 2 is 2.20 bits per heavy atom. The largest absolute Gasteiger partial charge is 0.376 e. The van der Waals surface area contributed by atoms with Crippen molar-refractivity contribution >= 4 is 5.91 Å². The molecule has 0 aromatic heterocycles. The molecule has 0 aliphatic carbocycles. The summed E-state index contributed by atoms with van der Waals surface area (Å²) in [6.45, 7) is 11.0. The smallest absolute Gasteiger partial charge is 0.243 e. The van der Waals surface area contributed by atoms with Gasteiger partial charge in [0.05, 0.1) is 5.60 Å². The Balaban J connectivity index is 3.63. The molecule has 0 saturated heterocycles. The van der Waals surface area contributed by atoms with Crippen molar-refractivity contribution in [2.45, 2.75) is 45.6 Å². The average Bonchev–Trinajstić information content (AvgIpc) is 2.17. The molecule has 3 heteroatoms. The van der Waals surface area contributed by atoms with Crippen LogP contribution in [-0.2, 0) is 9.53 Å². The van der Waals surface area contributed by atoms with Crippen molar-refractivity contribution in [3.05, 3.63) is 12.7 Å². The molecule has 15 heavy (non-hydrogen) atoms. The van der Waals surface area contributed by atoms with Crippen molar-refractivity contribution in [3.63, 3.8) is 0 Å². The topological polar surface area (TPSA) is 38.3 Å². The number of ether oxygens (including phenoxy) is 1. The summed E-state index contributed by atoms with van der Waals surface area (Å²) >= 11 is 0. The number of rotatable bonds is 8. The van der Waals surface area contributed by atoms with Gasteiger partial charge < -0.3 is 10.1 Å². The zero-order chi connectivity index (χ0) is 11.7. The lowest BCUT2D eigenvalue weighted by Crippen LogP contribution is -2.32. The first-order chi connectivity index (χ1) is 7.02. The number of unbranched alkanes of at least 4 members (excludes halogenated alkanes) is 1. The van der Waals surface area contributed by atoms with Gasteiger partial charge in [-0.1, -0.05) is 19.9 Å². The molecule has 0 aliphatic rings. The van der Waals surface area contributed by atoms with Gasteiger partial charge in [0.15, 0.2) is 0 Å². The third kappa shape index (κ3) is 8.18. The standard InChI is InChI=1S/C12H23NO2/c1-5-7-10-15-12(3,4)8-9-13-11(14)6-2/h6H,2,5,7-10H2,1,3-4H3,(H,13,14). The van der Waals surface area contributed by atoms with E-state index in [2.05, 4.69) is 18.8 Å². The molecular formula is C12H23NO2. The van der Waals surface area contributed by atoms with E-state index in [1.807, 2.05) is 13.8 Å². The maximum Gasteiger partial charge on any atom is 0.243 e. The van der Waals surface area contributed by atoms with Crippen LogP contribution in [0, 0.1) is 0 Å². The zero-order valence-electron chi connectivity index (χ0n) is 10.1. The van der Waals surface area contributed by atoms with Crippen molar-refractivity contribution in [3.8, 4) is 0 Å². The van der Waals surface area contributed by atoms with E-state index in [1.54, 1.807) is 0 Å². The van der Waals surface area contributed by atoms with Crippen LogP contribution in [0.5, 0.6) is 0 Å². The molecule has 0 aromatic carbocycles. The fourth-order valence-corrected chi connectivity index (χ4v) is 1.12. The first-order valence-electron chi connectivity index (χ1n) is 5.56. The minimum atomic E-state index is -0.163. The van der Waals surface area contributed by atoms with E-state index in [0.717, 1.165) is 25.9 Å². The highest BCUT2D eigenvalue weighted by Crippen LogP contribution is 2.14. The lowest BCUT2D eigenvalue weighted by atomic mass is 10.1. The van der Waals surface area contributed by atoms with Crippen molar-refractivity contribution in [2.75, 3.05) is 13.2 Å². The first kappa shape index (κ1) is 14.2. The van der Waals surface area contributed by atoms with E-state index in [4.69, 9.17) is 4.74 Å².